The van der Waals surface area contributed by atoms with E-state index in [2.05, 4.69) is 15.9 Å². The van der Waals surface area contributed by atoms with Gasteiger partial charge in [0.15, 0.2) is 12.4 Å². The minimum atomic E-state index is -0.147. The smallest absolute Gasteiger partial charge is 0.246 e. The molecule has 0 amide bonds. The van der Waals surface area contributed by atoms with E-state index in [1.54, 1.807) is 12.1 Å². The molecule has 6 heteroatoms. The van der Waals surface area contributed by atoms with E-state index < -0.39 is 0 Å². The normalized spacial score (nSPS) is 10.5. The minimum Gasteiger partial charge on any atom is -0.480 e. The molecule has 0 saturated carbocycles. The molecule has 0 bridgehead atoms. The number of furan rings is 1. The average molecular weight is 362 g/mol. The van der Waals surface area contributed by atoms with Gasteiger partial charge in [-0.15, -0.1) is 11.3 Å². The van der Waals surface area contributed by atoms with Gasteiger partial charge in [-0.1, -0.05) is 12.1 Å². The first-order valence-electron chi connectivity index (χ1n) is 6.01. The van der Waals surface area contributed by atoms with Crippen molar-refractivity contribution >= 4 is 44.0 Å². The summed E-state index contributed by atoms with van der Waals surface area (Å²) in [6.07, 6.45) is 0. The molecule has 0 aliphatic rings. The van der Waals surface area contributed by atoms with E-state index in [1.165, 1.54) is 11.3 Å². The van der Waals surface area contributed by atoms with E-state index >= 15 is 0 Å². The number of ether oxygens (including phenoxy) is 1. The highest BCUT2D eigenvalue weighted by Gasteiger charge is 2.18. The van der Waals surface area contributed by atoms with Crippen molar-refractivity contribution in [2.75, 3.05) is 6.61 Å². The van der Waals surface area contributed by atoms with Gasteiger partial charge < -0.3 is 9.15 Å². The number of Topliss-reactive ketones (excluding diaryl/α,β-unsaturated/α-hetero) is 1. The number of para-hydroxylation sites is 1. The summed E-state index contributed by atoms with van der Waals surface area (Å²) in [6, 6.07) is 10.9. The fourth-order valence-corrected chi connectivity index (χ4v) is 3.45. The van der Waals surface area contributed by atoms with Crippen LogP contribution in [-0.4, -0.2) is 12.4 Å². The Morgan fingerprint density at radius 2 is 2.19 bits per heavy atom. The quantitative estimate of drug-likeness (QED) is 0.646. The van der Waals surface area contributed by atoms with Gasteiger partial charge in [-0.25, -0.2) is 0 Å². The highest BCUT2D eigenvalue weighted by Crippen LogP contribution is 2.33. The standard InChI is InChI=1S/C15H8BrNO3S/c16-10-5-6-21-15(10)11(18)8-19-14-9-3-1-2-4-12(9)20-13(14)7-17/h1-6H,8H2. The lowest BCUT2D eigenvalue weighted by Gasteiger charge is -2.03. The predicted molar refractivity (Wildman–Crippen MR) is 82.8 cm³/mol. The van der Waals surface area contributed by atoms with Crippen molar-refractivity contribution in [1.82, 2.24) is 0 Å². The number of rotatable bonds is 4. The molecule has 2 heterocycles. The molecule has 3 rings (SSSR count). The average Bonchev–Trinajstić information content (AvgIpc) is 3.08. The number of thiophene rings is 1. The molecule has 0 aliphatic heterocycles. The summed E-state index contributed by atoms with van der Waals surface area (Å²) in [5.74, 6) is 0.245. The number of nitrogens with zero attached hydrogens (tertiary/aromatic N) is 1. The first-order valence-corrected chi connectivity index (χ1v) is 7.68. The molecule has 0 saturated heterocycles. The van der Waals surface area contributed by atoms with Gasteiger partial charge in [-0.2, -0.15) is 5.26 Å². The molecule has 21 heavy (non-hydrogen) atoms. The fraction of sp³-hybridized carbons (Fsp3) is 0.0667. The summed E-state index contributed by atoms with van der Waals surface area (Å²) < 4.78 is 11.7. The highest BCUT2D eigenvalue weighted by atomic mass is 79.9. The zero-order valence-corrected chi connectivity index (χ0v) is 13.0. The number of hydrogen-bond donors (Lipinski definition) is 0. The van der Waals surface area contributed by atoms with Crippen LogP contribution >= 0.6 is 27.3 Å². The van der Waals surface area contributed by atoms with Crippen molar-refractivity contribution in [3.8, 4) is 11.8 Å². The maximum Gasteiger partial charge on any atom is 0.246 e. The lowest BCUT2D eigenvalue weighted by atomic mass is 10.2. The number of fused-ring (bicyclic) bond motifs is 1. The van der Waals surface area contributed by atoms with Gasteiger partial charge in [0.05, 0.1) is 10.3 Å². The van der Waals surface area contributed by atoms with Crippen LogP contribution in [0.2, 0.25) is 0 Å². The molecule has 1 aromatic carbocycles. The van der Waals surface area contributed by atoms with Crippen molar-refractivity contribution < 1.29 is 13.9 Å². The Morgan fingerprint density at radius 3 is 2.90 bits per heavy atom. The Balaban J connectivity index is 1.87. The summed E-state index contributed by atoms with van der Waals surface area (Å²) >= 11 is 4.66. The zero-order chi connectivity index (χ0) is 14.8. The molecule has 104 valence electrons. The Morgan fingerprint density at radius 1 is 1.38 bits per heavy atom. The van der Waals surface area contributed by atoms with Crippen LogP contribution in [-0.2, 0) is 0 Å². The van der Waals surface area contributed by atoms with Crippen LogP contribution in [0.1, 0.15) is 15.4 Å². The number of ketones is 1. The zero-order valence-electron chi connectivity index (χ0n) is 10.6. The number of halogens is 1. The van der Waals surface area contributed by atoms with Gasteiger partial charge in [0.2, 0.25) is 11.5 Å². The summed E-state index contributed by atoms with van der Waals surface area (Å²) in [7, 11) is 0. The van der Waals surface area contributed by atoms with Crippen molar-refractivity contribution in [2.45, 2.75) is 0 Å². The summed E-state index contributed by atoms with van der Waals surface area (Å²) in [6.45, 7) is -0.142. The fourth-order valence-electron chi connectivity index (χ4n) is 1.93. The van der Waals surface area contributed by atoms with Gasteiger partial charge >= 0.3 is 0 Å². The summed E-state index contributed by atoms with van der Waals surface area (Å²) in [4.78, 5) is 12.7. The first-order chi connectivity index (χ1) is 10.2. The second-order valence-electron chi connectivity index (χ2n) is 4.18. The maximum absolute atomic E-state index is 12.1. The van der Waals surface area contributed by atoms with E-state index in [-0.39, 0.29) is 18.2 Å². The summed E-state index contributed by atoms with van der Waals surface area (Å²) in [5.41, 5.74) is 0.564. The predicted octanol–water partition coefficient (Wildman–Crippen LogP) is 4.39. The van der Waals surface area contributed by atoms with E-state index in [0.717, 1.165) is 4.47 Å². The number of carbonyl (C=O) groups is 1. The maximum atomic E-state index is 12.1. The van der Waals surface area contributed by atoms with Gasteiger partial charge in [0.25, 0.3) is 0 Å². The molecule has 3 aromatic rings. The van der Waals surface area contributed by atoms with Crippen LogP contribution in [0.3, 0.4) is 0 Å². The third kappa shape index (κ3) is 2.58. The van der Waals surface area contributed by atoms with Gasteiger partial charge in [0, 0.05) is 4.47 Å². The molecule has 0 radical (unpaired) electrons. The molecular weight excluding hydrogens is 354 g/mol. The monoisotopic (exact) mass is 361 g/mol. The molecule has 0 N–H and O–H groups in total. The van der Waals surface area contributed by atoms with Gasteiger partial charge in [0.1, 0.15) is 11.7 Å². The number of nitriles is 1. The molecule has 0 spiro atoms. The first kappa shape index (κ1) is 13.9. The Labute approximate surface area is 132 Å². The van der Waals surface area contributed by atoms with E-state index in [9.17, 15) is 4.79 Å². The minimum absolute atomic E-state index is 0.0780. The summed E-state index contributed by atoms with van der Waals surface area (Å²) in [5, 5.41) is 11.6. The van der Waals surface area contributed by atoms with Crippen LogP contribution in [0.4, 0.5) is 0 Å². The molecular formula is C15H8BrNO3S. The molecule has 0 atom stereocenters. The number of carbonyl (C=O) groups excluding carboxylic acids is 1. The topological polar surface area (TPSA) is 63.2 Å². The van der Waals surface area contributed by atoms with Crippen molar-refractivity contribution in [3.63, 3.8) is 0 Å². The number of benzene rings is 1. The van der Waals surface area contributed by atoms with E-state index in [1.807, 2.05) is 29.6 Å². The van der Waals surface area contributed by atoms with Crippen LogP contribution in [0.15, 0.2) is 44.6 Å². The van der Waals surface area contributed by atoms with E-state index in [4.69, 9.17) is 14.4 Å². The molecule has 4 nitrogen and oxygen atoms in total. The second-order valence-corrected chi connectivity index (χ2v) is 5.95. The van der Waals surface area contributed by atoms with Crippen LogP contribution in [0.5, 0.6) is 5.75 Å². The van der Waals surface area contributed by atoms with Crippen LogP contribution in [0.25, 0.3) is 11.0 Å². The third-order valence-electron chi connectivity index (χ3n) is 2.87. The molecule has 0 fully saturated rings. The molecule has 0 aliphatic carbocycles. The SMILES string of the molecule is N#Cc1oc2ccccc2c1OCC(=O)c1sccc1Br. The molecule has 2 aromatic heterocycles. The van der Waals surface area contributed by atoms with Gasteiger partial charge in [-0.05, 0) is 39.5 Å². The van der Waals surface area contributed by atoms with Gasteiger partial charge in [-0.3, -0.25) is 4.79 Å². The number of hydrogen-bond acceptors (Lipinski definition) is 5. The van der Waals surface area contributed by atoms with Crippen molar-refractivity contribution in [1.29, 1.82) is 5.26 Å². The van der Waals surface area contributed by atoms with E-state index in [0.29, 0.717) is 21.6 Å². The van der Waals surface area contributed by atoms with Crippen LogP contribution < -0.4 is 4.74 Å². The Hall–Kier alpha value is -2.10. The Kier molecular flexibility index (Phi) is 3.78. The third-order valence-corrected chi connectivity index (χ3v) is 4.75. The molecule has 0 unspecified atom stereocenters. The Bertz CT molecular complexity index is 859. The highest BCUT2D eigenvalue weighted by molar-refractivity contribution is 9.10. The lowest BCUT2D eigenvalue weighted by molar-refractivity contribution is 0.0925. The largest absolute Gasteiger partial charge is 0.480 e. The lowest BCUT2D eigenvalue weighted by Crippen LogP contribution is -2.10. The van der Waals surface area contributed by atoms with Crippen LogP contribution in [0, 0.1) is 11.3 Å². The second kappa shape index (κ2) is 5.72. The van der Waals surface area contributed by atoms with Crippen molar-refractivity contribution in [2.24, 2.45) is 0 Å². The van der Waals surface area contributed by atoms with Crippen molar-refractivity contribution in [3.05, 3.63) is 50.8 Å².